The smallest absolute Gasteiger partial charge is 0.348 e. The molecular weight excluding hydrogens is 356 g/mol. The Morgan fingerprint density at radius 3 is 2.22 bits per heavy atom. The fourth-order valence-electron chi connectivity index (χ4n) is 2.58. The highest BCUT2D eigenvalue weighted by molar-refractivity contribution is 6.25. The summed E-state index contributed by atoms with van der Waals surface area (Å²) in [6.07, 6.45) is 0. The van der Waals surface area contributed by atoms with E-state index in [0.717, 1.165) is 19.2 Å². The van der Waals surface area contributed by atoms with Crippen molar-refractivity contribution in [1.82, 2.24) is 0 Å². The molecule has 1 heterocycles. The molecule has 2 aromatic carbocycles. The molecule has 8 nitrogen and oxygen atoms in total. The molecule has 27 heavy (non-hydrogen) atoms. The minimum atomic E-state index is -0.929. The molecule has 0 saturated carbocycles. The van der Waals surface area contributed by atoms with Gasteiger partial charge in [-0.2, -0.15) is 0 Å². The Bertz CT molecular complexity index is 999. The van der Waals surface area contributed by atoms with E-state index in [1.54, 1.807) is 0 Å². The highest BCUT2D eigenvalue weighted by Gasteiger charge is 2.36. The normalized spacial score (nSPS) is 15.5. The van der Waals surface area contributed by atoms with Crippen LogP contribution in [0.25, 0.3) is 11.1 Å². The van der Waals surface area contributed by atoms with Crippen LogP contribution in [-0.2, 0) is 19.1 Å². The Kier molecular flexibility index (Phi) is 4.47. The van der Waals surface area contributed by atoms with Crippen molar-refractivity contribution in [3.05, 3.63) is 65.1 Å². The number of benzene rings is 2. The number of rotatable bonds is 3. The molecule has 0 aromatic heterocycles. The van der Waals surface area contributed by atoms with Crippen LogP contribution >= 0.6 is 0 Å². The second-order valence-corrected chi connectivity index (χ2v) is 5.56. The first-order valence-electron chi connectivity index (χ1n) is 7.63. The van der Waals surface area contributed by atoms with Crippen molar-refractivity contribution >= 4 is 23.1 Å². The predicted molar refractivity (Wildman–Crippen MR) is 92.5 cm³/mol. The summed E-state index contributed by atoms with van der Waals surface area (Å²) >= 11 is 0. The molecule has 3 rings (SSSR count). The molecule has 0 radical (unpaired) electrons. The topological polar surface area (TPSA) is 134 Å². The third kappa shape index (κ3) is 3.15. The number of phenolic OH excluding ortho intramolecular Hbond substituents is 3. The molecule has 0 spiro atoms. The average molecular weight is 370 g/mol. The van der Waals surface area contributed by atoms with Crippen LogP contribution < -0.4 is 0 Å². The maximum Gasteiger partial charge on any atom is 0.348 e. The number of hydrogen-bond acceptors (Lipinski definition) is 8. The zero-order valence-corrected chi connectivity index (χ0v) is 14.0. The number of cyclic esters (lactones) is 1. The highest BCUT2D eigenvalue weighted by Crippen LogP contribution is 2.38. The van der Waals surface area contributed by atoms with Gasteiger partial charge in [0.1, 0.15) is 16.9 Å². The lowest BCUT2D eigenvalue weighted by molar-refractivity contribution is -0.134. The molecule has 0 atom stereocenters. The van der Waals surface area contributed by atoms with Gasteiger partial charge in [0.05, 0.1) is 7.11 Å². The molecular formula is C19H14O8. The monoisotopic (exact) mass is 370 g/mol. The number of carbonyl (C=O) groups excluding carboxylic acids is 2. The Balaban J connectivity index is 2.22. The van der Waals surface area contributed by atoms with E-state index >= 15 is 0 Å². The Labute approximate surface area is 152 Å². The minimum Gasteiger partial charge on any atom is -0.508 e. The number of aromatic hydroxyl groups is 3. The van der Waals surface area contributed by atoms with Crippen LogP contribution in [0.1, 0.15) is 11.1 Å². The fraction of sp³-hybridized carbons (Fsp3) is 0.0526. The first-order valence-corrected chi connectivity index (χ1v) is 7.63. The van der Waals surface area contributed by atoms with E-state index in [-0.39, 0.29) is 28.0 Å². The summed E-state index contributed by atoms with van der Waals surface area (Å²) < 4.78 is 9.78. The van der Waals surface area contributed by atoms with Gasteiger partial charge in [0, 0.05) is 0 Å². The van der Waals surface area contributed by atoms with E-state index in [1.165, 1.54) is 30.3 Å². The van der Waals surface area contributed by atoms with Crippen LogP contribution in [0.15, 0.2) is 54.0 Å². The van der Waals surface area contributed by atoms with E-state index in [0.29, 0.717) is 0 Å². The van der Waals surface area contributed by atoms with Crippen molar-refractivity contribution in [1.29, 1.82) is 0 Å². The summed E-state index contributed by atoms with van der Waals surface area (Å²) in [7, 11) is 1.10. The fourth-order valence-corrected chi connectivity index (χ4v) is 2.58. The zero-order chi connectivity index (χ0) is 19.7. The Morgan fingerprint density at radius 1 is 0.963 bits per heavy atom. The number of aliphatic hydroxyl groups is 1. The quantitative estimate of drug-likeness (QED) is 0.367. The van der Waals surface area contributed by atoms with Crippen LogP contribution in [0.4, 0.5) is 0 Å². The standard InChI is InChI=1S/C19H14O8/c1-26-18(24)15(10-4-7-12(21)13(22)8-10)17-16(23)14(19(25)27-17)9-2-5-11(20)6-3-9/h2-8,20-23H,1H3/b17-15-. The number of phenols is 3. The largest absolute Gasteiger partial charge is 0.508 e. The molecule has 0 saturated heterocycles. The third-order valence-corrected chi connectivity index (χ3v) is 3.89. The van der Waals surface area contributed by atoms with Crippen LogP contribution in [0.3, 0.4) is 0 Å². The van der Waals surface area contributed by atoms with Crippen LogP contribution in [0.2, 0.25) is 0 Å². The van der Waals surface area contributed by atoms with Gasteiger partial charge in [0.2, 0.25) is 0 Å². The molecule has 1 aliphatic rings. The van der Waals surface area contributed by atoms with E-state index in [1.807, 2.05) is 0 Å². The number of ether oxygens (including phenoxy) is 2. The van der Waals surface area contributed by atoms with Crippen molar-refractivity contribution in [2.24, 2.45) is 0 Å². The van der Waals surface area contributed by atoms with Crippen LogP contribution in [0, 0.1) is 0 Å². The number of esters is 2. The zero-order valence-electron chi connectivity index (χ0n) is 14.0. The van der Waals surface area contributed by atoms with E-state index in [9.17, 15) is 30.0 Å². The maximum absolute atomic E-state index is 12.3. The van der Waals surface area contributed by atoms with Crippen molar-refractivity contribution in [3.63, 3.8) is 0 Å². The molecule has 0 bridgehead atoms. The van der Waals surface area contributed by atoms with Gasteiger partial charge >= 0.3 is 11.9 Å². The Morgan fingerprint density at radius 2 is 1.63 bits per heavy atom. The summed E-state index contributed by atoms with van der Waals surface area (Å²) in [6.45, 7) is 0. The molecule has 138 valence electrons. The lowest BCUT2D eigenvalue weighted by Gasteiger charge is -2.10. The van der Waals surface area contributed by atoms with E-state index < -0.39 is 35.0 Å². The number of carbonyl (C=O) groups is 2. The molecule has 4 N–H and O–H groups in total. The molecule has 0 fully saturated rings. The average Bonchev–Trinajstić information content (AvgIpc) is 2.93. The van der Waals surface area contributed by atoms with Gasteiger partial charge in [0.25, 0.3) is 0 Å². The molecule has 8 heteroatoms. The maximum atomic E-state index is 12.3. The number of hydrogen-bond donors (Lipinski definition) is 4. The van der Waals surface area contributed by atoms with Gasteiger partial charge in [-0.15, -0.1) is 0 Å². The van der Waals surface area contributed by atoms with Crippen molar-refractivity contribution < 1.29 is 39.5 Å². The van der Waals surface area contributed by atoms with E-state index in [2.05, 4.69) is 0 Å². The molecule has 1 aliphatic heterocycles. The summed E-state index contributed by atoms with van der Waals surface area (Å²) in [5, 5.41) is 39.0. The summed E-state index contributed by atoms with van der Waals surface area (Å²) in [6, 6.07) is 8.92. The number of methoxy groups -OCH3 is 1. The van der Waals surface area contributed by atoms with Gasteiger partial charge in [0.15, 0.2) is 23.0 Å². The summed E-state index contributed by atoms with van der Waals surface area (Å²) in [5.41, 5.74) is -0.191. The molecule has 0 aliphatic carbocycles. The van der Waals surface area contributed by atoms with E-state index in [4.69, 9.17) is 9.47 Å². The van der Waals surface area contributed by atoms with Gasteiger partial charge < -0.3 is 29.9 Å². The van der Waals surface area contributed by atoms with Crippen LogP contribution in [-0.4, -0.2) is 39.5 Å². The van der Waals surface area contributed by atoms with Gasteiger partial charge in [-0.1, -0.05) is 18.2 Å². The summed E-state index contributed by atoms with van der Waals surface area (Å²) in [5.74, 6) is -3.84. The van der Waals surface area contributed by atoms with Gasteiger partial charge in [-0.05, 0) is 35.4 Å². The summed E-state index contributed by atoms with van der Waals surface area (Å²) in [4.78, 5) is 24.5. The van der Waals surface area contributed by atoms with Crippen molar-refractivity contribution in [3.8, 4) is 17.2 Å². The predicted octanol–water partition coefficient (Wildman–Crippen LogP) is 2.21. The number of aliphatic hydroxyl groups excluding tert-OH is 1. The van der Waals surface area contributed by atoms with Gasteiger partial charge in [-0.25, -0.2) is 9.59 Å². The van der Waals surface area contributed by atoms with Crippen molar-refractivity contribution in [2.75, 3.05) is 7.11 Å². The molecule has 2 aromatic rings. The highest BCUT2D eigenvalue weighted by atomic mass is 16.6. The second-order valence-electron chi connectivity index (χ2n) is 5.56. The lowest BCUT2D eigenvalue weighted by Crippen LogP contribution is -2.09. The minimum absolute atomic E-state index is 0.0317. The van der Waals surface area contributed by atoms with Crippen LogP contribution in [0.5, 0.6) is 17.2 Å². The van der Waals surface area contributed by atoms with Gasteiger partial charge in [-0.3, -0.25) is 0 Å². The first-order chi connectivity index (χ1) is 12.8. The lowest BCUT2D eigenvalue weighted by atomic mass is 10.0. The Hall–Kier alpha value is -3.94. The molecule has 0 amide bonds. The molecule has 0 unspecified atom stereocenters. The second kappa shape index (κ2) is 6.75. The van der Waals surface area contributed by atoms with Crippen molar-refractivity contribution in [2.45, 2.75) is 0 Å². The first kappa shape index (κ1) is 17.9. The SMILES string of the molecule is COC(=O)/C(=C1\OC(=O)C(c2ccc(O)cc2)=C1O)c1ccc(O)c(O)c1. The third-order valence-electron chi connectivity index (χ3n) is 3.89.